The maximum absolute atomic E-state index is 13.1. The van der Waals surface area contributed by atoms with Gasteiger partial charge in [-0.1, -0.05) is 37.3 Å². The van der Waals surface area contributed by atoms with E-state index in [1.807, 2.05) is 35.2 Å². The number of carbonyl (C=O) groups is 2. The molecule has 1 saturated heterocycles. The number of anilines is 1. The Bertz CT molecular complexity index is 743. The second-order valence-electron chi connectivity index (χ2n) is 6.42. The number of benzene rings is 2. The van der Waals surface area contributed by atoms with Gasteiger partial charge < -0.3 is 10.2 Å². The molecule has 2 amide bonds. The van der Waals surface area contributed by atoms with Gasteiger partial charge in [-0.2, -0.15) is 0 Å². The number of rotatable bonds is 4. The maximum atomic E-state index is 13.1. The van der Waals surface area contributed by atoms with E-state index >= 15 is 0 Å². The summed E-state index contributed by atoms with van der Waals surface area (Å²) in [5.74, 6) is -0.193. The van der Waals surface area contributed by atoms with E-state index in [0.29, 0.717) is 22.9 Å². The smallest absolute Gasteiger partial charge is 0.256 e. The van der Waals surface area contributed by atoms with Crippen LogP contribution < -0.4 is 5.32 Å². The first-order valence-electron chi connectivity index (χ1n) is 8.97. The molecule has 2 aromatic carbocycles. The number of amides is 2. The molecule has 1 heterocycles. The molecule has 25 heavy (non-hydrogen) atoms. The lowest BCUT2D eigenvalue weighted by molar-refractivity contribution is 0.0609. The molecule has 0 unspecified atom stereocenters. The standard InChI is InChI=1S/C21H24N2O2/c1-2-17-12-8-9-15-23(17)21(25)18-13-6-7-14-19(18)22-20(24)16-10-4-3-5-11-16/h3-7,10-11,13-14,17H,2,8-9,12,15H2,1H3,(H,22,24)/t17-/m0/s1. The number of carbonyl (C=O) groups excluding carboxylic acids is 2. The van der Waals surface area contributed by atoms with E-state index in [1.54, 1.807) is 24.3 Å². The zero-order valence-corrected chi connectivity index (χ0v) is 14.6. The fraction of sp³-hybridized carbons (Fsp3) is 0.333. The molecule has 1 aliphatic heterocycles. The monoisotopic (exact) mass is 336 g/mol. The van der Waals surface area contributed by atoms with E-state index in [0.717, 1.165) is 25.8 Å². The first kappa shape index (κ1) is 17.2. The molecule has 130 valence electrons. The van der Waals surface area contributed by atoms with Crippen molar-refractivity contribution in [3.8, 4) is 0 Å². The van der Waals surface area contributed by atoms with Crippen molar-refractivity contribution in [2.45, 2.75) is 38.6 Å². The molecule has 4 nitrogen and oxygen atoms in total. The first-order chi connectivity index (χ1) is 12.2. The third kappa shape index (κ3) is 3.90. The molecule has 1 N–H and O–H groups in total. The maximum Gasteiger partial charge on any atom is 0.256 e. The second kappa shape index (κ2) is 7.97. The normalized spacial score (nSPS) is 17.2. The summed E-state index contributed by atoms with van der Waals surface area (Å²) in [6, 6.07) is 16.6. The number of hydrogen-bond donors (Lipinski definition) is 1. The van der Waals surface area contributed by atoms with Crippen LogP contribution in [0.4, 0.5) is 5.69 Å². The van der Waals surface area contributed by atoms with Crippen LogP contribution in [-0.4, -0.2) is 29.3 Å². The van der Waals surface area contributed by atoms with Crippen molar-refractivity contribution in [1.82, 2.24) is 4.90 Å². The Kier molecular flexibility index (Phi) is 5.49. The molecule has 1 aliphatic rings. The van der Waals surface area contributed by atoms with E-state index in [9.17, 15) is 9.59 Å². The van der Waals surface area contributed by atoms with Gasteiger partial charge in [0.15, 0.2) is 0 Å². The number of hydrogen-bond acceptors (Lipinski definition) is 2. The first-order valence-corrected chi connectivity index (χ1v) is 8.97. The molecule has 1 fully saturated rings. The highest BCUT2D eigenvalue weighted by molar-refractivity contribution is 6.09. The average Bonchev–Trinajstić information content (AvgIpc) is 2.68. The predicted octanol–water partition coefficient (Wildman–Crippen LogP) is 4.34. The average molecular weight is 336 g/mol. The molecule has 0 bridgehead atoms. The highest BCUT2D eigenvalue weighted by Gasteiger charge is 2.27. The van der Waals surface area contributed by atoms with Crippen LogP contribution >= 0.6 is 0 Å². The highest BCUT2D eigenvalue weighted by Crippen LogP contribution is 2.25. The van der Waals surface area contributed by atoms with Crippen LogP contribution in [0.15, 0.2) is 54.6 Å². The van der Waals surface area contributed by atoms with Crippen molar-refractivity contribution >= 4 is 17.5 Å². The Labute approximate surface area is 148 Å². The molecule has 2 aromatic rings. The Morgan fingerprint density at radius 2 is 1.76 bits per heavy atom. The molecular formula is C21H24N2O2. The Morgan fingerprint density at radius 3 is 2.52 bits per heavy atom. The van der Waals surface area contributed by atoms with Gasteiger partial charge in [0.2, 0.25) is 0 Å². The molecule has 0 aliphatic carbocycles. The summed E-state index contributed by atoms with van der Waals surface area (Å²) in [5, 5.41) is 2.89. The molecular weight excluding hydrogens is 312 g/mol. The van der Waals surface area contributed by atoms with Crippen molar-refractivity contribution in [3.63, 3.8) is 0 Å². The minimum atomic E-state index is -0.202. The van der Waals surface area contributed by atoms with Crippen molar-refractivity contribution < 1.29 is 9.59 Å². The van der Waals surface area contributed by atoms with Crippen LogP contribution in [0.2, 0.25) is 0 Å². The molecule has 0 saturated carbocycles. The van der Waals surface area contributed by atoms with Gasteiger partial charge >= 0.3 is 0 Å². The number of piperidine rings is 1. The Hall–Kier alpha value is -2.62. The lowest BCUT2D eigenvalue weighted by atomic mass is 9.98. The SMILES string of the molecule is CC[C@H]1CCCCN1C(=O)c1ccccc1NC(=O)c1ccccc1. The second-order valence-corrected chi connectivity index (χ2v) is 6.42. The summed E-state index contributed by atoms with van der Waals surface area (Å²) in [5.41, 5.74) is 1.71. The summed E-state index contributed by atoms with van der Waals surface area (Å²) in [7, 11) is 0. The minimum absolute atomic E-state index is 0.00973. The van der Waals surface area contributed by atoms with Crippen LogP contribution in [0.5, 0.6) is 0 Å². The van der Waals surface area contributed by atoms with Crippen LogP contribution in [0.3, 0.4) is 0 Å². The van der Waals surface area contributed by atoms with E-state index in [-0.39, 0.29) is 11.8 Å². The van der Waals surface area contributed by atoms with Gasteiger partial charge in [0.05, 0.1) is 11.3 Å². The number of para-hydroxylation sites is 1. The van der Waals surface area contributed by atoms with Crippen molar-refractivity contribution in [1.29, 1.82) is 0 Å². The van der Waals surface area contributed by atoms with Gasteiger partial charge in [-0.05, 0) is 49.9 Å². The summed E-state index contributed by atoms with van der Waals surface area (Å²) in [6.45, 7) is 2.91. The highest BCUT2D eigenvalue weighted by atomic mass is 16.2. The third-order valence-electron chi connectivity index (χ3n) is 4.80. The van der Waals surface area contributed by atoms with Crippen LogP contribution in [-0.2, 0) is 0 Å². The Morgan fingerprint density at radius 1 is 1.04 bits per heavy atom. The van der Waals surface area contributed by atoms with Crippen molar-refractivity contribution in [2.24, 2.45) is 0 Å². The van der Waals surface area contributed by atoms with Crippen molar-refractivity contribution in [2.75, 3.05) is 11.9 Å². The molecule has 0 spiro atoms. The fourth-order valence-corrected chi connectivity index (χ4v) is 3.41. The lowest BCUT2D eigenvalue weighted by Gasteiger charge is -2.35. The number of nitrogens with one attached hydrogen (secondary N) is 1. The van der Waals surface area contributed by atoms with Gasteiger partial charge in [-0.25, -0.2) is 0 Å². The van der Waals surface area contributed by atoms with Gasteiger partial charge in [-0.15, -0.1) is 0 Å². The largest absolute Gasteiger partial charge is 0.336 e. The van der Waals surface area contributed by atoms with E-state index in [4.69, 9.17) is 0 Å². The van der Waals surface area contributed by atoms with Crippen molar-refractivity contribution in [3.05, 3.63) is 65.7 Å². The predicted molar refractivity (Wildman–Crippen MR) is 99.8 cm³/mol. The van der Waals surface area contributed by atoms with E-state index in [2.05, 4.69) is 12.2 Å². The van der Waals surface area contributed by atoms with Gasteiger partial charge in [-0.3, -0.25) is 9.59 Å². The molecule has 0 radical (unpaired) electrons. The zero-order valence-electron chi connectivity index (χ0n) is 14.6. The molecule has 1 atom stereocenters. The van der Waals surface area contributed by atoms with Gasteiger partial charge in [0.25, 0.3) is 11.8 Å². The van der Waals surface area contributed by atoms with Crippen LogP contribution in [0.25, 0.3) is 0 Å². The summed E-state index contributed by atoms with van der Waals surface area (Å²) in [4.78, 5) is 27.5. The van der Waals surface area contributed by atoms with Gasteiger partial charge in [0.1, 0.15) is 0 Å². The number of likely N-dealkylation sites (tertiary alicyclic amines) is 1. The summed E-state index contributed by atoms with van der Waals surface area (Å²) < 4.78 is 0. The number of nitrogens with zero attached hydrogens (tertiary/aromatic N) is 1. The van der Waals surface area contributed by atoms with E-state index in [1.165, 1.54) is 6.42 Å². The third-order valence-corrected chi connectivity index (χ3v) is 4.80. The topological polar surface area (TPSA) is 49.4 Å². The molecule has 0 aromatic heterocycles. The van der Waals surface area contributed by atoms with E-state index < -0.39 is 0 Å². The lowest BCUT2D eigenvalue weighted by Crippen LogP contribution is -2.43. The zero-order chi connectivity index (χ0) is 17.6. The summed E-state index contributed by atoms with van der Waals surface area (Å²) >= 11 is 0. The fourth-order valence-electron chi connectivity index (χ4n) is 3.41. The van der Waals surface area contributed by atoms with Crippen LogP contribution in [0, 0.1) is 0 Å². The van der Waals surface area contributed by atoms with Crippen LogP contribution in [0.1, 0.15) is 53.3 Å². The molecule has 4 heteroatoms. The van der Waals surface area contributed by atoms with Gasteiger partial charge in [0, 0.05) is 18.2 Å². The Balaban J connectivity index is 1.83. The summed E-state index contributed by atoms with van der Waals surface area (Å²) in [6.07, 6.45) is 4.24. The quantitative estimate of drug-likeness (QED) is 0.903. The molecule has 3 rings (SSSR count). The minimum Gasteiger partial charge on any atom is -0.336 e.